The molecule has 0 aliphatic carbocycles. The Morgan fingerprint density at radius 3 is 2.69 bits per heavy atom. The number of fused-ring (bicyclic) bond motifs is 1. The van der Waals surface area contributed by atoms with Crippen molar-refractivity contribution in [2.75, 3.05) is 26.0 Å². The van der Waals surface area contributed by atoms with Gasteiger partial charge in [-0.05, 0) is 70.6 Å². The van der Waals surface area contributed by atoms with Gasteiger partial charge in [0.2, 0.25) is 0 Å². The first-order chi connectivity index (χ1) is 16.6. The summed E-state index contributed by atoms with van der Waals surface area (Å²) in [5, 5.41) is 7.03. The molecule has 0 spiro atoms. The van der Waals surface area contributed by atoms with Gasteiger partial charge >= 0.3 is 5.69 Å². The van der Waals surface area contributed by atoms with Crippen molar-refractivity contribution in [1.82, 2.24) is 19.2 Å². The molecule has 1 atom stereocenters. The molecular weight excluding hydrogens is 456 g/mol. The maximum atomic E-state index is 15.3. The molecule has 0 unspecified atom stereocenters. The number of rotatable bonds is 7. The summed E-state index contributed by atoms with van der Waals surface area (Å²) in [5.41, 5.74) is 0.362. The lowest BCUT2D eigenvalue weighted by Crippen LogP contribution is -2.29. The van der Waals surface area contributed by atoms with Gasteiger partial charge in [0, 0.05) is 31.3 Å². The number of ether oxygens (including phenoxy) is 1. The summed E-state index contributed by atoms with van der Waals surface area (Å²) in [6.45, 7) is 4.57. The predicted molar refractivity (Wildman–Crippen MR) is 128 cm³/mol. The molecule has 35 heavy (non-hydrogen) atoms. The summed E-state index contributed by atoms with van der Waals surface area (Å²) >= 11 is 0. The van der Waals surface area contributed by atoms with Gasteiger partial charge in [-0.1, -0.05) is 0 Å². The van der Waals surface area contributed by atoms with Crippen LogP contribution in [0.15, 0.2) is 35.1 Å². The summed E-state index contributed by atoms with van der Waals surface area (Å²) in [4.78, 5) is 28.0. The van der Waals surface area contributed by atoms with Crippen LogP contribution in [0.4, 0.5) is 14.5 Å². The van der Waals surface area contributed by atoms with E-state index in [-0.39, 0.29) is 23.1 Å². The quantitative estimate of drug-likeness (QED) is 0.554. The van der Waals surface area contributed by atoms with Crippen LogP contribution in [0, 0.1) is 18.6 Å². The highest BCUT2D eigenvalue weighted by atomic mass is 19.1. The van der Waals surface area contributed by atoms with E-state index in [1.807, 2.05) is 25.9 Å². The molecule has 2 aromatic carbocycles. The van der Waals surface area contributed by atoms with Gasteiger partial charge < -0.3 is 15.0 Å². The number of likely N-dealkylation sites (N-methyl/N-ethyl adjacent to an activating group) is 1. The van der Waals surface area contributed by atoms with Crippen molar-refractivity contribution in [2.24, 2.45) is 0 Å². The van der Waals surface area contributed by atoms with E-state index in [1.54, 1.807) is 11.5 Å². The van der Waals surface area contributed by atoms with Crippen molar-refractivity contribution >= 4 is 11.6 Å². The number of amides is 1. The molecule has 0 radical (unpaired) electrons. The standard InChI is InChI=1S/C25H29F2N5O3/c1-15-11-17(26)8-9-20(15)28-24(33)18-12-19(27)21(13-22(18)35-16(2)14-30(3)4)32-25(34)31-10-6-5-7-23(31)29-32/h8-9,11-13,16H,5-7,10,14H2,1-4H3,(H,28,33)/t16-/m0/s1. The van der Waals surface area contributed by atoms with Crippen molar-refractivity contribution in [2.45, 2.75) is 45.8 Å². The predicted octanol–water partition coefficient (Wildman–Crippen LogP) is 3.54. The third-order valence-corrected chi connectivity index (χ3v) is 5.88. The number of hydrogen-bond acceptors (Lipinski definition) is 5. The second-order valence-electron chi connectivity index (χ2n) is 9.12. The molecule has 0 saturated heterocycles. The first-order valence-electron chi connectivity index (χ1n) is 11.6. The van der Waals surface area contributed by atoms with Crippen LogP contribution in [0.3, 0.4) is 0 Å². The maximum Gasteiger partial charge on any atom is 0.350 e. The van der Waals surface area contributed by atoms with Crippen LogP contribution in [0.25, 0.3) is 5.69 Å². The van der Waals surface area contributed by atoms with Crippen molar-refractivity contribution < 1.29 is 18.3 Å². The molecule has 1 aliphatic heterocycles. The van der Waals surface area contributed by atoms with Crippen LogP contribution in [0.5, 0.6) is 5.75 Å². The average molecular weight is 486 g/mol. The zero-order chi connectivity index (χ0) is 25.3. The van der Waals surface area contributed by atoms with Crippen molar-refractivity contribution in [3.05, 3.63) is 69.4 Å². The highest BCUT2D eigenvalue weighted by Crippen LogP contribution is 2.28. The fourth-order valence-corrected chi connectivity index (χ4v) is 4.26. The molecule has 8 nitrogen and oxygen atoms in total. The lowest BCUT2D eigenvalue weighted by Gasteiger charge is -2.21. The Bertz CT molecular complexity index is 1320. The third-order valence-electron chi connectivity index (χ3n) is 5.88. The van der Waals surface area contributed by atoms with Gasteiger partial charge in [-0.2, -0.15) is 4.68 Å². The van der Waals surface area contributed by atoms with E-state index in [4.69, 9.17) is 4.74 Å². The lowest BCUT2D eigenvalue weighted by molar-refractivity contribution is 0.101. The molecule has 4 rings (SSSR count). The minimum atomic E-state index is -0.781. The van der Waals surface area contributed by atoms with Gasteiger partial charge in [-0.25, -0.2) is 13.6 Å². The summed E-state index contributed by atoms with van der Waals surface area (Å²) < 4.78 is 37.4. The molecule has 10 heteroatoms. The third kappa shape index (κ3) is 5.27. The minimum Gasteiger partial charge on any atom is -0.488 e. The van der Waals surface area contributed by atoms with Gasteiger partial charge in [0.05, 0.1) is 5.56 Å². The first-order valence-corrected chi connectivity index (χ1v) is 11.6. The van der Waals surface area contributed by atoms with Crippen LogP contribution in [-0.4, -0.2) is 51.9 Å². The monoisotopic (exact) mass is 485 g/mol. The molecule has 0 fully saturated rings. The molecule has 1 aromatic heterocycles. The van der Waals surface area contributed by atoms with E-state index in [9.17, 15) is 14.0 Å². The fraction of sp³-hybridized carbons (Fsp3) is 0.400. The molecule has 2 heterocycles. The van der Waals surface area contributed by atoms with Gasteiger partial charge in [0.25, 0.3) is 5.91 Å². The topological polar surface area (TPSA) is 81.4 Å². The Balaban J connectivity index is 1.76. The number of aromatic nitrogens is 3. The number of anilines is 1. The first kappa shape index (κ1) is 24.6. The number of nitrogens with zero attached hydrogens (tertiary/aromatic N) is 4. The molecular formula is C25H29F2N5O3. The van der Waals surface area contributed by atoms with Crippen LogP contribution in [0.1, 0.15) is 41.5 Å². The Labute approximate surface area is 202 Å². The number of aryl methyl sites for hydroxylation is 2. The Morgan fingerprint density at radius 1 is 1.23 bits per heavy atom. The number of nitrogens with one attached hydrogen (secondary N) is 1. The van der Waals surface area contributed by atoms with Crippen molar-refractivity contribution in [3.63, 3.8) is 0 Å². The van der Waals surface area contributed by atoms with E-state index in [0.29, 0.717) is 36.6 Å². The number of carbonyl (C=O) groups excluding carboxylic acids is 1. The average Bonchev–Trinajstić information content (AvgIpc) is 3.12. The Morgan fingerprint density at radius 2 is 2.00 bits per heavy atom. The summed E-state index contributed by atoms with van der Waals surface area (Å²) in [5.74, 6) is -1.10. The minimum absolute atomic E-state index is 0.0439. The molecule has 1 N–H and O–H groups in total. The fourth-order valence-electron chi connectivity index (χ4n) is 4.26. The van der Waals surface area contributed by atoms with E-state index in [1.165, 1.54) is 24.3 Å². The molecule has 3 aromatic rings. The van der Waals surface area contributed by atoms with Gasteiger partial charge in [0.1, 0.15) is 35.0 Å². The zero-order valence-electron chi connectivity index (χ0n) is 20.3. The largest absolute Gasteiger partial charge is 0.488 e. The number of hydrogen-bond donors (Lipinski definition) is 1. The summed E-state index contributed by atoms with van der Waals surface area (Å²) in [6, 6.07) is 6.36. The normalized spacial score (nSPS) is 14.0. The van der Waals surface area contributed by atoms with Gasteiger partial charge in [0.15, 0.2) is 0 Å². The zero-order valence-corrected chi connectivity index (χ0v) is 20.3. The van der Waals surface area contributed by atoms with Crippen LogP contribution in [0.2, 0.25) is 0 Å². The highest BCUT2D eigenvalue weighted by Gasteiger charge is 2.24. The van der Waals surface area contributed by atoms with Crippen LogP contribution in [-0.2, 0) is 13.0 Å². The number of benzene rings is 2. The van der Waals surface area contributed by atoms with E-state index in [0.717, 1.165) is 23.6 Å². The van der Waals surface area contributed by atoms with Crippen molar-refractivity contribution in [1.29, 1.82) is 0 Å². The SMILES string of the molecule is Cc1cc(F)ccc1NC(=O)c1cc(F)c(-n2nc3n(c2=O)CCCC3)cc1O[C@@H](C)CN(C)C. The van der Waals surface area contributed by atoms with Crippen LogP contribution >= 0.6 is 0 Å². The Hall–Kier alpha value is -3.53. The molecule has 1 aliphatic rings. The Kier molecular flexibility index (Phi) is 7.02. The number of carbonyl (C=O) groups is 1. The van der Waals surface area contributed by atoms with Crippen molar-refractivity contribution in [3.8, 4) is 11.4 Å². The highest BCUT2D eigenvalue weighted by molar-refractivity contribution is 6.06. The maximum absolute atomic E-state index is 15.3. The molecule has 186 valence electrons. The smallest absolute Gasteiger partial charge is 0.350 e. The van der Waals surface area contributed by atoms with E-state index < -0.39 is 23.2 Å². The number of halogens is 2. The second kappa shape index (κ2) is 9.99. The van der Waals surface area contributed by atoms with Gasteiger partial charge in [-0.15, -0.1) is 5.10 Å². The second-order valence-corrected chi connectivity index (χ2v) is 9.12. The van der Waals surface area contributed by atoms with Crippen LogP contribution < -0.4 is 15.7 Å². The van der Waals surface area contributed by atoms with Gasteiger partial charge in [-0.3, -0.25) is 9.36 Å². The molecule has 0 bridgehead atoms. The summed E-state index contributed by atoms with van der Waals surface area (Å²) in [6.07, 6.45) is 2.08. The molecule has 1 amide bonds. The van der Waals surface area contributed by atoms with E-state index in [2.05, 4.69) is 10.4 Å². The summed E-state index contributed by atoms with van der Waals surface area (Å²) in [7, 11) is 3.77. The molecule has 0 saturated carbocycles. The lowest BCUT2D eigenvalue weighted by atomic mass is 10.1. The van der Waals surface area contributed by atoms with E-state index >= 15 is 4.39 Å².